The van der Waals surface area contributed by atoms with Crippen LogP contribution in [0.2, 0.25) is 0 Å². The summed E-state index contributed by atoms with van der Waals surface area (Å²) in [5, 5.41) is 4.00. The molecule has 0 bridgehead atoms. The van der Waals surface area contributed by atoms with Crippen LogP contribution in [0.3, 0.4) is 0 Å². The second-order valence-electron chi connectivity index (χ2n) is 6.93. The number of anilines is 1. The van der Waals surface area contributed by atoms with E-state index in [0.717, 1.165) is 16.6 Å². The average Bonchev–Trinajstić information content (AvgIpc) is 3.06. The Bertz CT molecular complexity index is 780. The predicted molar refractivity (Wildman–Crippen MR) is 111 cm³/mol. The van der Waals surface area contributed by atoms with Crippen molar-refractivity contribution in [2.75, 3.05) is 25.0 Å². The number of aromatic nitrogens is 1. The molecule has 0 radical (unpaired) electrons. The fourth-order valence-electron chi connectivity index (χ4n) is 3.45. The van der Waals surface area contributed by atoms with Gasteiger partial charge in [-0.2, -0.15) is 0 Å². The van der Waals surface area contributed by atoms with Crippen molar-refractivity contribution in [3.63, 3.8) is 0 Å². The first-order valence-corrected chi connectivity index (χ1v) is 9.82. The van der Waals surface area contributed by atoms with Crippen LogP contribution >= 0.6 is 0 Å². The van der Waals surface area contributed by atoms with E-state index in [1.54, 1.807) is 0 Å². The third-order valence-corrected chi connectivity index (χ3v) is 5.68. The molecule has 0 aliphatic heterocycles. The number of rotatable bonds is 9. The van der Waals surface area contributed by atoms with Crippen molar-refractivity contribution >= 4 is 28.4 Å². The number of nitrogens with one attached hydrogen (secondary N) is 1. The summed E-state index contributed by atoms with van der Waals surface area (Å²) < 4.78 is 1.95. The number of likely N-dealkylation sites (N-methyl/N-ethyl adjacent to an activating group) is 1. The maximum atomic E-state index is 12.7. The molecule has 0 saturated carbocycles. The topological polar surface area (TPSA) is 80.4 Å². The van der Waals surface area contributed by atoms with E-state index in [9.17, 15) is 9.59 Å². The zero-order chi connectivity index (χ0) is 20.0. The second-order valence-corrected chi connectivity index (χ2v) is 6.93. The number of nitrogens with two attached hydrogens (primary N) is 1. The molecule has 6 nitrogen and oxygen atoms in total. The minimum atomic E-state index is -0.531. The third-order valence-electron chi connectivity index (χ3n) is 5.68. The fraction of sp³-hybridized carbons (Fsp3) is 0.524. The Kier molecular flexibility index (Phi) is 7.02. The highest BCUT2D eigenvalue weighted by Crippen LogP contribution is 2.28. The van der Waals surface area contributed by atoms with Crippen molar-refractivity contribution in [2.24, 2.45) is 11.1 Å². The van der Waals surface area contributed by atoms with Gasteiger partial charge in [0.05, 0.1) is 5.41 Å². The maximum Gasteiger partial charge on any atom is 0.242 e. The van der Waals surface area contributed by atoms with Gasteiger partial charge in [0.1, 0.15) is 6.54 Å². The molecule has 0 aliphatic rings. The van der Waals surface area contributed by atoms with E-state index in [4.69, 9.17) is 5.73 Å². The highest BCUT2D eigenvalue weighted by molar-refractivity contribution is 5.97. The molecule has 2 rings (SSSR count). The molecule has 1 heterocycles. The normalized spacial score (nSPS) is 11.6. The summed E-state index contributed by atoms with van der Waals surface area (Å²) in [5.41, 5.74) is 7.07. The monoisotopic (exact) mass is 372 g/mol. The van der Waals surface area contributed by atoms with Crippen LogP contribution in [0.4, 0.5) is 5.69 Å². The summed E-state index contributed by atoms with van der Waals surface area (Å²) in [6, 6.07) is 7.74. The Morgan fingerprint density at radius 2 is 1.78 bits per heavy atom. The number of hydrogen-bond acceptors (Lipinski definition) is 3. The van der Waals surface area contributed by atoms with E-state index in [1.807, 2.05) is 67.6 Å². The molecule has 27 heavy (non-hydrogen) atoms. The van der Waals surface area contributed by atoms with Gasteiger partial charge in [-0.1, -0.05) is 13.8 Å². The summed E-state index contributed by atoms with van der Waals surface area (Å²) in [6.07, 6.45) is 3.33. The zero-order valence-corrected chi connectivity index (χ0v) is 16.9. The van der Waals surface area contributed by atoms with Crippen LogP contribution in [-0.4, -0.2) is 40.9 Å². The second kappa shape index (κ2) is 9.04. The fourth-order valence-corrected chi connectivity index (χ4v) is 3.45. The highest BCUT2D eigenvalue weighted by Gasteiger charge is 2.33. The Hall–Kier alpha value is -2.34. The van der Waals surface area contributed by atoms with E-state index in [0.29, 0.717) is 39.0 Å². The smallest absolute Gasteiger partial charge is 0.242 e. The van der Waals surface area contributed by atoms with E-state index >= 15 is 0 Å². The molecule has 0 saturated heterocycles. The number of amides is 2. The van der Waals surface area contributed by atoms with E-state index in [2.05, 4.69) is 5.32 Å². The molecule has 0 unspecified atom stereocenters. The van der Waals surface area contributed by atoms with E-state index in [1.165, 1.54) is 0 Å². The first kappa shape index (κ1) is 21.0. The van der Waals surface area contributed by atoms with E-state index < -0.39 is 5.41 Å². The van der Waals surface area contributed by atoms with Crippen molar-refractivity contribution < 1.29 is 9.59 Å². The highest BCUT2D eigenvalue weighted by atomic mass is 16.2. The molecule has 0 aliphatic carbocycles. The molecular formula is C21H32N4O2. The lowest BCUT2D eigenvalue weighted by Crippen LogP contribution is -2.41. The van der Waals surface area contributed by atoms with Gasteiger partial charge in [0.2, 0.25) is 11.8 Å². The van der Waals surface area contributed by atoms with Gasteiger partial charge in [0.15, 0.2) is 0 Å². The van der Waals surface area contributed by atoms with Crippen molar-refractivity contribution in [3.8, 4) is 0 Å². The molecule has 2 aromatic rings. The van der Waals surface area contributed by atoms with Crippen LogP contribution in [0, 0.1) is 5.41 Å². The van der Waals surface area contributed by atoms with Gasteiger partial charge in [-0.15, -0.1) is 0 Å². The molecule has 1 aromatic carbocycles. The summed E-state index contributed by atoms with van der Waals surface area (Å²) >= 11 is 0. The molecule has 148 valence electrons. The third kappa shape index (κ3) is 4.33. The lowest BCUT2D eigenvalue weighted by Gasteiger charge is -2.28. The van der Waals surface area contributed by atoms with Gasteiger partial charge in [-0.3, -0.25) is 9.59 Å². The largest absolute Gasteiger partial charge is 0.342 e. The number of hydrogen-bond donors (Lipinski definition) is 2. The van der Waals surface area contributed by atoms with Crippen molar-refractivity contribution in [3.05, 3.63) is 30.5 Å². The Morgan fingerprint density at radius 1 is 1.11 bits per heavy atom. The Labute approximate surface area is 161 Å². The first-order valence-electron chi connectivity index (χ1n) is 9.82. The number of fused-ring (bicyclic) bond motifs is 1. The van der Waals surface area contributed by atoms with Crippen LogP contribution < -0.4 is 11.1 Å². The predicted octanol–water partition coefficient (Wildman–Crippen LogP) is 3.21. The Morgan fingerprint density at radius 3 is 2.33 bits per heavy atom. The van der Waals surface area contributed by atoms with E-state index in [-0.39, 0.29) is 11.8 Å². The number of benzene rings is 1. The van der Waals surface area contributed by atoms with Crippen molar-refractivity contribution in [1.82, 2.24) is 9.47 Å². The Balaban J connectivity index is 2.20. The van der Waals surface area contributed by atoms with Crippen molar-refractivity contribution in [2.45, 2.75) is 47.1 Å². The molecule has 2 amide bonds. The number of carbonyl (C=O) groups excluding carboxylic acids is 2. The molecule has 0 spiro atoms. The number of nitrogens with zero attached hydrogens (tertiary/aromatic N) is 2. The van der Waals surface area contributed by atoms with Gasteiger partial charge in [-0.05, 0) is 51.0 Å². The van der Waals surface area contributed by atoms with Gasteiger partial charge >= 0.3 is 0 Å². The quantitative estimate of drug-likeness (QED) is 0.709. The van der Waals surface area contributed by atoms with Gasteiger partial charge in [-0.25, -0.2) is 0 Å². The van der Waals surface area contributed by atoms with Crippen LogP contribution in [-0.2, 0) is 16.1 Å². The standard InChI is InChI=1S/C21H32N4O2/c1-5-21(6-2,15-22)20(27)23-17-9-10-18-16(13-17)11-12-25(18)14-19(26)24(7-3)8-4/h9-13H,5-8,14-15,22H2,1-4H3,(H,23,27). The van der Waals surface area contributed by atoms with Crippen molar-refractivity contribution in [1.29, 1.82) is 0 Å². The first-order chi connectivity index (χ1) is 12.9. The van der Waals surface area contributed by atoms with Crippen LogP contribution in [0.5, 0.6) is 0 Å². The molecule has 0 atom stereocenters. The molecular weight excluding hydrogens is 340 g/mol. The lowest BCUT2D eigenvalue weighted by atomic mass is 9.81. The molecule has 3 N–H and O–H groups in total. The minimum Gasteiger partial charge on any atom is -0.342 e. The van der Waals surface area contributed by atoms with Gasteiger partial charge < -0.3 is 20.5 Å². The van der Waals surface area contributed by atoms with Crippen LogP contribution in [0.1, 0.15) is 40.5 Å². The summed E-state index contributed by atoms with van der Waals surface area (Å²) in [4.78, 5) is 26.9. The number of carbonyl (C=O) groups is 2. The molecule has 6 heteroatoms. The summed E-state index contributed by atoms with van der Waals surface area (Å²) in [6.45, 7) is 10.0. The minimum absolute atomic E-state index is 0.0366. The van der Waals surface area contributed by atoms with Crippen LogP contribution in [0.25, 0.3) is 10.9 Å². The molecule has 1 aromatic heterocycles. The summed E-state index contributed by atoms with van der Waals surface area (Å²) in [5.74, 6) is 0.0685. The average molecular weight is 373 g/mol. The van der Waals surface area contributed by atoms with Gasteiger partial charge in [0, 0.05) is 42.4 Å². The summed E-state index contributed by atoms with van der Waals surface area (Å²) in [7, 11) is 0. The maximum absolute atomic E-state index is 12.7. The SMILES string of the molecule is CCN(CC)C(=O)Cn1ccc2cc(NC(=O)C(CC)(CC)CN)ccc21. The lowest BCUT2D eigenvalue weighted by molar-refractivity contribution is -0.131. The van der Waals surface area contributed by atoms with Gasteiger partial charge in [0.25, 0.3) is 0 Å². The molecule has 0 fully saturated rings. The zero-order valence-electron chi connectivity index (χ0n) is 16.9. The van der Waals surface area contributed by atoms with Crippen LogP contribution in [0.15, 0.2) is 30.5 Å².